The molecule has 0 aromatic rings. The van der Waals surface area contributed by atoms with Gasteiger partial charge in [0.1, 0.15) is 6.67 Å². The van der Waals surface area contributed by atoms with Gasteiger partial charge in [-0.25, -0.2) is 4.39 Å². The average molecular weight is 154 g/mol. The molecule has 1 N–H and O–H groups in total. The van der Waals surface area contributed by atoms with Gasteiger partial charge in [-0.2, -0.15) is 0 Å². The van der Waals surface area contributed by atoms with Crippen LogP contribution in [0.5, 0.6) is 0 Å². The molecule has 1 unspecified atom stereocenters. The lowest BCUT2D eigenvalue weighted by Crippen LogP contribution is -2.23. The second kappa shape index (κ2) is 6.30. The molecule has 9 heavy (non-hydrogen) atoms. The molecule has 0 saturated heterocycles. The smallest absolute Gasteiger partial charge is 0.102 e. The Hall–Kier alpha value is 0.180. The number of halogens is 2. The van der Waals surface area contributed by atoms with Gasteiger partial charge < -0.3 is 5.32 Å². The van der Waals surface area contributed by atoms with E-state index in [9.17, 15) is 4.39 Å². The summed E-state index contributed by atoms with van der Waals surface area (Å²) in [5, 5.41) is 2.93. The summed E-state index contributed by atoms with van der Waals surface area (Å²) in [5.74, 6) is 1.08. The summed E-state index contributed by atoms with van der Waals surface area (Å²) in [6.45, 7) is 2.99. The molecule has 0 aliphatic rings. The maximum atomic E-state index is 11.5. The van der Waals surface area contributed by atoms with E-state index in [1.54, 1.807) is 0 Å². The zero-order chi connectivity index (χ0) is 7.11. The van der Waals surface area contributed by atoms with E-state index >= 15 is 0 Å². The predicted octanol–water partition coefficient (Wildman–Crippen LogP) is 1.42. The van der Waals surface area contributed by atoms with Crippen molar-refractivity contribution in [3.8, 4) is 0 Å². The van der Waals surface area contributed by atoms with Gasteiger partial charge in [0.05, 0.1) is 0 Å². The minimum atomic E-state index is -0.297. The predicted molar refractivity (Wildman–Crippen MR) is 38.7 cm³/mol. The lowest BCUT2D eigenvalue weighted by Gasteiger charge is -2.06. The topological polar surface area (TPSA) is 12.0 Å². The molecule has 0 radical (unpaired) electrons. The molecule has 0 saturated carbocycles. The SMILES string of the molecule is CC(CCl)CNCCF. The van der Waals surface area contributed by atoms with Crippen LogP contribution >= 0.6 is 11.6 Å². The van der Waals surface area contributed by atoms with E-state index in [2.05, 4.69) is 5.32 Å². The van der Waals surface area contributed by atoms with Crippen molar-refractivity contribution in [2.75, 3.05) is 25.6 Å². The van der Waals surface area contributed by atoms with Crippen LogP contribution in [0, 0.1) is 5.92 Å². The number of nitrogens with one attached hydrogen (secondary N) is 1. The molecule has 1 nitrogen and oxygen atoms in total. The number of hydrogen-bond acceptors (Lipinski definition) is 1. The Morgan fingerprint density at radius 3 is 2.78 bits per heavy atom. The molecule has 0 amide bonds. The van der Waals surface area contributed by atoms with Crippen LogP contribution in [0.2, 0.25) is 0 Å². The van der Waals surface area contributed by atoms with Crippen LogP contribution in [-0.4, -0.2) is 25.6 Å². The van der Waals surface area contributed by atoms with Crippen molar-refractivity contribution in [3.05, 3.63) is 0 Å². The normalized spacial score (nSPS) is 13.7. The van der Waals surface area contributed by atoms with Gasteiger partial charge in [-0.3, -0.25) is 0 Å². The molecule has 0 heterocycles. The molecule has 0 aromatic carbocycles. The van der Waals surface area contributed by atoms with Crippen molar-refractivity contribution in [3.63, 3.8) is 0 Å². The Kier molecular flexibility index (Phi) is 6.43. The van der Waals surface area contributed by atoms with Gasteiger partial charge in [0.25, 0.3) is 0 Å². The summed E-state index contributed by atoms with van der Waals surface area (Å²) >= 11 is 5.50. The van der Waals surface area contributed by atoms with Crippen LogP contribution in [-0.2, 0) is 0 Å². The zero-order valence-corrected chi connectivity index (χ0v) is 6.42. The summed E-state index contributed by atoms with van der Waals surface area (Å²) in [5.41, 5.74) is 0. The second-order valence-corrected chi connectivity index (χ2v) is 2.46. The van der Waals surface area contributed by atoms with E-state index in [4.69, 9.17) is 11.6 Å². The first-order valence-electron chi connectivity index (χ1n) is 3.14. The monoisotopic (exact) mass is 153 g/mol. The Morgan fingerprint density at radius 2 is 2.33 bits per heavy atom. The third kappa shape index (κ3) is 6.06. The van der Waals surface area contributed by atoms with Crippen LogP contribution < -0.4 is 5.32 Å². The maximum absolute atomic E-state index is 11.5. The van der Waals surface area contributed by atoms with E-state index in [1.807, 2.05) is 6.92 Å². The second-order valence-electron chi connectivity index (χ2n) is 2.15. The highest BCUT2D eigenvalue weighted by molar-refractivity contribution is 6.18. The molecule has 0 aliphatic heterocycles. The van der Waals surface area contributed by atoms with Gasteiger partial charge in [0.2, 0.25) is 0 Å². The van der Waals surface area contributed by atoms with Crippen molar-refractivity contribution >= 4 is 11.6 Å². The molecule has 0 bridgehead atoms. The van der Waals surface area contributed by atoms with Gasteiger partial charge in [0, 0.05) is 12.4 Å². The van der Waals surface area contributed by atoms with Crippen LogP contribution in [0.3, 0.4) is 0 Å². The quantitative estimate of drug-likeness (QED) is 0.466. The van der Waals surface area contributed by atoms with Crippen molar-refractivity contribution in [1.29, 1.82) is 0 Å². The van der Waals surface area contributed by atoms with Gasteiger partial charge in [-0.15, -0.1) is 11.6 Å². The third-order valence-electron chi connectivity index (χ3n) is 1.03. The Morgan fingerprint density at radius 1 is 1.67 bits per heavy atom. The summed E-state index contributed by atoms with van der Waals surface area (Å²) in [7, 11) is 0. The van der Waals surface area contributed by atoms with Gasteiger partial charge in [-0.1, -0.05) is 6.92 Å². The number of rotatable bonds is 5. The maximum Gasteiger partial charge on any atom is 0.102 e. The Balaban J connectivity index is 2.88. The van der Waals surface area contributed by atoms with Crippen LogP contribution in [0.1, 0.15) is 6.92 Å². The van der Waals surface area contributed by atoms with Gasteiger partial charge in [-0.05, 0) is 12.5 Å². The molecule has 0 spiro atoms. The van der Waals surface area contributed by atoms with E-state index in [0.29, 0.717) is 18.3 Å². The fourth-order valence-corrected chi connectivity index (χ4v) is 0.579. The fourth-order valence-electron chi connectivity index (χ4n) is 0.470. The first-order valence-corrected chi connectivity index (χ1v) is 3.67. The minimum Gasteiger partial charge on any atom is -0.314 e. The molecule has 0 aromatic heterocycles. The minimum absolute atomic E-state index is 0.297. The average Bonchev–Trinajstić information content (AvgIpc) is 1.89. The lowest BCUT2D eigenvalue weighted by atomic mass is 10.2. The summed E-state index contributed by atoms with van der Waals surface area (Å²) in [4.78, 5) is 0. The molecule has 0 aliphatic carbocycles. The molecule has 0 rings (SSSR count). The van der Waals surface area contributed by atoms with Crippen molar-refractivity contribution in [2.24, 2.45) is 5.92 Å². The van der Waals surface area contributed by atoms with Gasteiger partial charge >= 0.3 is 0 Å². The molecule has 1 atom stereocenters. The van der Waals surface area contributed by atoms with Gasteiger partial charge in [0.15, 0.2) is 0 Å². The first kappa shape index (κ1) is 9.18. The first-order chi connectivity index (χ1) is 4.31. The number of alkyl halides is 2. The summed E-state index contributed by atoms with van der Waals surface area (Å²) < 4.78 is 11.5. The van der Waals surface area contributed by atoms with E-state index in [1.165, 1.54) is 0 Å². The van der Waals surface area contributed by atoms with Crippen molar-refractivity contribution in [2.45, 2.75) is 6.92 Å². The van der Waals surface area contributed by atoms with Crippen LogP contribution in [0.4, 0.5) is 4.39 Å². The summed E-state index contributed by atoms with van der Waals surface area (Å²) in [6, 6.07) is 0. The molecule has 0 fully saturated rings. The molecule has 56 valence electrons. The van der Waals surface area contributed by atoms with Crippen LogP contribution in [0.25, 0.3) is 0 Å². The van der Waals surface area contributed by atoms with Crippen LogP contribution in [0.15, 0.2) is 0 Å². The highest BCUT2D eigenvalue weighted by atomic mass is 35.5. The zero-order valence-electron chi connectivity index (χ0n) is 5.66. The Bertz CT molecular complexity index is 61.0. The number of hydrogen-bond donors (Lipinski definition) is 1. The lowest BCUT2D eigenvalue weighted by molar-refractivity contribution is 0.450. The summed E-state index contributed by atoms with van der Waals surface area (Å²) in [6.07, 6.45) is 0. The third-order valence-corrected chi connectivity index (χ3v) is 1.55. The molecule has 3 heteroatoms. The standard InChI is InChI=1S/C6H13ClFN/c1-6(4-7)5-9-3-2-8/h6,9H,2-5H2,1H3. The van der Waals surface area contributed by atoms with E-state index in [0.717, 1.165) is 6.54 Å². The molecular weight excluding hydrogens is 141 g/mol. The highest BCUT2D eigenvalue weighted by Gasteiger charge is 1.96. The van der Waals surface area contributed by atoms with E-state index < -0.39 is 0 Å². The fraction of sp³-hybridized carbons (Fsp3) is 1.00. The molecular formula is C6H13ClFN. The largest absolute Gasteiger partial charge is 0.314 e. The van der Waals surface area contributed by atoms with E-state index in [-0.39, 0.29) is 6.67 Å². The highest BCUT2D eigenvalue weighted by Crippen LogP contribution is 1.93. The van der Waals surface area contributed by atoms with Crippen molar-refractivity contribution < 1.29 is 4.39 Å². The Labute approximate surface area is 60.6 Å². The van der Waals surface area contributed by atoms with Crippen molar-refractivity contribution in [1.82, 2.24) is 5.32 Å².